The zero-order chi connectivity index (χ0) is 45.4. The highest BCUT2D eigenvalue weighted by Crippen LogP contribution is 2.49. The van der Waals surface area contributed by atoms with Crippen LogP contribution in [-0.2, 0) is 0 Å². The third-order valence-electron chi connectivity index (χ3n) is 13.5. The van der Waals surface area contributed by atoms with Gasteiger partial charge in [-0.15, -0.1) is 11.3 Å². The summed E-state index contributed by atoms with van der Waals surface area (Å²) in [4.78, 5) is 16.1. The summed E-state index contributed by atoms with van der Waals surface area (Å²) in [6.45, 7) is 0. The van der Waals surface area contributed by atoms with Crippen LogP contribution in [0.2, 0.25) is 0 Å². The Balaban J connectivity index is 1.09. The average molecular weight is 899 g/mol. The summed E-state index contributed by atoms with van der Waals surface area (Å²) in [5.41, 5.74) is 14.6. The molecule has 0 spiro atoms. The van der Waals surface area contributed by atoms with Gasteiger partial charge in [0.1, 0.15) is 11.2 Å². The predicted molar refractivity (Wildman–Crippen MR) is 287 cm³/mol. The van der Waals surface area contributed by atoms with Gasteiger partial charge in [0.15, 0.2) is 17.5 Å². The van der Waals surface area contributed by atoms with Crippen molar-refractivity contribution in [3.05, 3.63) is 231 Å². The highest BCUT2D eigenvalue weighted by molar-refractivity contribution is 7.26. The van der Waals surface area contributed by atoms with Crippen molar-refractivity contribution in [2.75, 3.05) is 0 Å². The maximum atomic E-state index is 6.32. The van der Waals surface area contributed by atoms with Crippen molar-refractivity contribution in [1.29, 1.82) is 0 Å². The van der Waals surface area contributed by atoms with Gasteiger partial charge in [0.2, 0.25) is 0 Å². The van der Waals surface area contributed by atoms with Crippen LogP contribution < -0.4 is 0 Å². The molecule has 10 aromatic carbocycles. The van der Waals surface area contributed by atoms with E-state index in [1.165, 1.54) is 26.6 Å². The molecule has 0 bridgehead atoms. The molecule has 322 valence electrons. The van der Waals surface area contributed by atoms with E-state index in [9.17, 15) is 0 Å². The maximum Gasteiger partial charge on any atom is 0.165 e. The van der Waals surface area contributed by atoms with Crippen LogP contribution in [0, 0.1) is 0 Å². The number of benzene rings is 10. The van der Waals surface area contributed by atoms with E-state index in [1.54, 1.807) is 11.3 Å². The van der Waals surface area contributed by atoms with E-state index in [2.05, 4.69) is 187 Å². The van der Waals surface area contributed by atoms with E-state index in [0.29, 0.717) is 17.5 Å². The summed E-state index contributed by atoms with van der Waals surface area (Å²) in [6, 6.07) is 81.7. The van der Waals surface area contributed by atoms with Gasteiger partial charge in [-0.1, -0.05) is 176 Å². The lowest BCUT2D eigenvalue weighted by molar-refractivity contribution is 0.669. The lowest BCUT2D eigenvalue weighted by atomic mass is 9.91. The number of thiophene rings is 1. The van der Waals surface area contributed by atoms with Gasteiger partial charge in [-0.05, 0) is 82.4 Å². The summed E-state index contributed by atoms with van der Waals surface area (Å²) >= 11 is 1.80. The molecule has 6 heteroatoms. The van der Waals surface area contributed by atoms with Gasteiger partial charge in [-0.25, -0.2) is 15.0 Å². The first-order valence-electron chi connectivity index (χ1n) is 23.2. The summed E-state index contributed by atoms with van der Waals surface area (Å²) in [7, 11) is 0. The Hall–Kier alpha value is -8.97. The molecule has 14 aromatic rings. The normalized spacial score (nSPS) is 11.8. The van der Waals surface area contributed by atoms with Crippen LogP contribution in [-0.4, -0.2) is 19.5 Å². The molecule has 5 nitrogen and oxygen atoms in total. The SMILES string of the molecule is c1ccc(-c2ccc3c(c2)c2ccccc2n3-c2ccccc2-c2ccc3sc4cccc(-c5ccc6oc7ccccc7c6c5)c4c3c2-c2nc(-c3ccccc3)nc(-c3ccccc3)n2)cc1. The second kappa shape index (κ2) is 15.8. The molecule has 69 heavy (non-hydrogen) atoms. The number of hydrogen-bond acceptors (Lipinski definition) is 5. The maximum absolute atomic E-state index is 6.32. The molecule has 0 N–H and O–H groups in total. The Bertz CT molecular complexity index is 4250. The lowest BCUT2D eigenvalue weighted by Crippen LogP contribution is -2.03. The van der Waals surface area contributed by atoms with Crippen molar-refractivity contribution < 1.29 is 4.42 Å². The van der Waals surface area contributed by atoms with Gasteiger partial charge >= 0.3 is 0 Å². The fourth-order valence-electron chi connectivity index (χ4n) is 10.4. The minimum atomic E-state index is 0.610. The molecule has 0 amide bonds. The molecule has 0 radical (unpaired) electrons. The number of rotatable bonds is 7. The zero-order valence-corrected chi connectivity index (χ0v) is 37.9. The van der Waals surface area contributed by atoms with E-state index < -0.39 is 0 Å². The minimum absolute atomic E-state index is 0.610. The van der Waals surface area contributed by atoms with E-state index in [1.807, 2.05) is 48.5 Å². The number of nitrogens with zero attached hydrogens (tertiary/aromatic N) is 4. The number of hydrogen-bond donors (Lipinski definition) is 0. The first-order chi connectivity index (χ1) is 34.2. The highest BCUT2D eigenvalue weighted by atomic mass is 32.1. The van der Waals surface area contributed by atoms with E-state index in [4.69, 9.17) is 19.4 Å². The van der Waals surface area contributed by atoms with Crippen molar-refractivity contribution >= 4 is 75.3 Å². The van der Waals surface area contributed by atoms with Crippen LogP contribution in [0.4, 0.5) is 0 Å². The molecule has 0 aliphatic rings. The predicted octanol–water partition coefficient (Wildman–Crippen LogP) is 17.2. The highest BCUT2D eigenvalue weighted by Gasteiger charge is 2.25. The van der Waals surface area contributed by atoms with Crippen LogP contribution in [0.1, 0.15) is 0 Å². The van der Waals surface area contributed by atoms with Gasteiger partial charge in [-0.2, -0.15) is 0 Å². The molecule has 0 atom stereocenters. The van der Waals surface area contributed by atoms with Gasteiger partial charge in [-0.3, -0.25) is 0 Å². The molecule has 0 aliphatic carbocycles. The Morgan fingerprint density at radius 3 is 1.70 bits per heavy atom. The van der Waals surface area contributed by atoms with Gasteiger partial charge < -0.3 is 8.98 Å². The number of fused-ring (bicyclic) bond motifs is 9. The van der Waals surface area contributed by atoms with Crippen LogP contribution in [0.3, 0.4) is 0 Å². The summed E-state index contributed by atoms with van der Waals surface area (Å²) in [6.07, 6.45) is 0. The van der Waals surface area contributed by atoms with Gasteiger partial charge in [0.05, 0.1) is 16.7 Å². The van der Waals surface area contributed by atoms with Gasteiger partial charge in [0, 0.05) is 64.0 Å². The Labute approximate surface area is 400 Å². The van der Waals surface area contributed by atoms with Crippen molar-refractivity contribution in [3.63, 3.8) is 0 Å². The molecule has 4 heterocycles. The lowest BCUT2D eigenvalue weighted by Gasteiger charge is -2.18. The van der Waals surface area contributed by atoms with Gasteiger partial charge in [0.25, 0.3) is 0 Å². The minimum Gasteiger partial charge on any atom is -0.456 e. The topological polar surface area (TPSA) is 56.7 Å². The van der Waals surface area contributed by atoms with Crippen LogP contribution in [0.15, 0.2) is 235 Å². The quantitative estimate of drug-likeness (QED) is 0.160. The first-order valence-corrected chi connectivity index (χ1v) is 24.0. The molecule has 14 rings (SSSR count). The van der Waals surface area contributed by atoms with Crippen LogP contribution >= 0.6 is 11.3 Å². The van der Waals surface area contributed by atoms with Crippen molar-refractivity contribution in [3.8, 4) is 73.2 Å². The molecule has 4 aromatic heterocycles. The smallest absolute Gasteiger partial charge is 0.165 e. The fourth-order valence-corrected chi connectivity index (χ4v) is 11.5. The van der Waals surface area contributed by atoms with Crippen molar-refractivity contribution in [2.45, 2.75) is 0 Å². The van der Waals surface area contributed by atoms with E-state index in [-0.39, 0.29) is 0 Å². The Kier molecular flexibility index (Phi) is 9.00. The van der Waals surface area contributed by atoms with E-state index >= 15 is 0 Å². The Morgan fingerprint density at radius 1 is 0.333 bits per heavy atom. The monoisotopic (exact) mass is 898 g/mol. The second-order valence-corrected chi connectivity index (χ2v) is 18.5. The number of aromatic nitrogens is 4. The number of furan rings is 1. The molecule has 0 aliphatic heterocycles. The molecular weight excluding hydrogens is 861 g/mol. The molecule has 0 saturated heterocycles. The van der Waals surface area contributed by atoms with Crippen LogP contribution in [0.5, 0.6) is 0 Å². The van der Waals surface area contributed by atoms with Crippen molar-refractivity contribution in [2.24, 2.45) is 0 Å². The van der Waals surface area contributed by atoms with E-state index in [0.717, 1.165) is 93.1 Å². The van der Waals surface area contributed by atoms with Crippen LogP contribution in [0.25, 0.3) is 137 Å². The third kappa shape index (κ3) is 6.41. The molecule has 0 unspecified atom stereocenters. The second-order valence-electron chi connectivity index (χ2n) is 17.5. The average Bonchev–Trinajstić information content (AvgIpc) is 4.10. The fraction of sp³-hybridized carbons (Fsp3) is 0. The number of para-hydroxylation sites is 3. The molecule has 0 saturated carbocycles. The summed E-state index contributed by atoms with van der Waals surface area (Å²) in [5.74, 6) is 1.84. The third-order valence-corrected chi connectivity index (χ3v) is 14.6. The summed E-state index contributed by atoms with van der Waals surface area (Å²) in [5, 5.41) is 6.86. The molecule has 0 fully saturated rings. The Morgan fingerprint density at radius 2 is 0.913 bits per heavy atom. The largest absolute Gasteiger partial charge is 0.456 e. The summed E-state index contributed by atoms with van der Waals surface area (Å²) < 4.78 is 11.1. The zero-order valence-electron chi connectivity index (χ0n) is 37.0. The van der Waals surface area contributed by atoms with Crippen molar-refractivity contribution in [1.82, 2.24) is 19.5 Å². The standard InChI is InChI=1S/C63H38N4OS/c1-4-17-39(18-5-1)42-31-34-53-49(37-42)46-24-11-14-28-52(46)67(53)51-27-13-10-23-45(51)48-33-36-57-60(59(48)63-65-61(40-19-6-2-7-20-40)64-62(66-63)41-21-8-3-9-22-41)58-44(26-16-30-56(58)69-57)43-32-35-55-50(38-43)47-25-12-15-29-54(47)68-55/h1-38H. The molecular formula is C63H38N4OS. The first kappa shape index (κ1) is 39.2.